The first-order valence-corrected chi connectivity index (χ1v) is 5.15. The maximum atomic E-state index is 10.4. The number of hydroxylamine groups is 1. The quantitative estimate of drug-likeness (QED) is 0.617. The van der Waals surface area contributed by atoms with Crippen LogP contribution in [0.2, 0.25) is 0 Å². The molecule has 0 aliphatic rings. The van der Waals surface area contributed by atoms with Crippen LogP contribution in [0, 0.1) is 13.8 Å². The van der Waals surface area contributed by atoms with E-state index in [1.165, 1.54) is 5.06 Å². The molecule has 0 aliphatic carbocycles. The number of nitrogens with zero attached hydrogens (tertiary/aromatic N) is 1. The lowest BCUT2D eigenvalue weighted by atomic mass is 10.1. The molecule has 1 aromatic carbocycles. The third-order valence-corrected chi connectivity index (χ3v) is 2.44. The fraction of sp³-hybridized carbons (Fsp3) is 0.333. The monoisotopic (exact) mass is 215 g/mol. The van der Waals surface area contributed by atoms with Crippen molar-refractivity contribution in [2.45, 2.75) is 13.8 Å². The second-order valence-corrected chi connectivity index (χ2v) is 3.59. The highest BCUT2D eigenvalue weighted by Crippen LogP contribution is 2.21. The lowest BCUT2D eigenvalue weighted by Gasteiger charge is -2.18. The van der Waals surface area contributed by atoms with Gasteiger partial charge in [0.15, 0.2) is 0 Å². The van der Waals surface area contributed by atoms with Crippen LogP contribution in [-0.2, 0) is 15.6 Å². The molecule has 0 saturated carbocycles. The standard InChI is InChI=1S/C9H13NO3S/c1-7-5-4-6-9(8(7)2)10(3)13-14(11)12/h4-6H,1-3H3,(H,11,12). The molecule has 5 heteroatoms. The zero-order valence-corrected chi connectivity index (χ0v) is 9.17. The highest BCUT2D eigenvalue weighted by atomic mass is 32.2. The Morgan fingerprint density at radius 3 is 2.64 bits per heavy atom. The molecule has 0 bridgehead atoms. The van der Waals surface area contributed by atoms with E-state index in [1.54, 1.807) is 7.05 Å². The first kappa shape index (κ1) is 11.2. The van der Waals surface area contributed by atoms with Gasteiger partial charge in [-0.25, -0.2) is 5.06 Å². The average Bonchev–Trinajstić information content (AvgIpc) is 2.08. The summed E-state index contributed by atoms with van der Waals surface area (Å²) in [6.45, 7) is 3.91. The SMILES string of the molecule is Cc1cccc(N(C)OS(=O)O)c1C. The zero-order valence-electron chi connectivity index (χ0n) is 8.35. The summed E-state index contributed by atoms with van der Waals surface area (Å²) in [5.74, 6) is 0. The largest absolute Gasteiger partial charge is 0.325 e. The van der Waals surface area contributed by atoms with Crippen molar-refractivity contribution in [1.29, 1.82) is 0 Å². The molecule has 0 saturated heterocycles. The van der Waals surface area contributed by atoms with Gasteiger partial charge in [-0.1, -0.05) is 12.1 Å². The third-order valence-electron chi connectivity index (χ3n) is 2.09. The van der Waals surface area contributed by atoms with Crippen molar-refractivity contribution < 1.29 is 13.0 Å². The highest BCUT2D eigenvalue weighted by molar-refractivity contribution is 7.74. The number of rotatable bonds is 3. The molecule has 14 heavy (non-hydrogen) atoms. The molecule has 0 radical (unpaired) electrons. The summed E-state index contributed by atoms with van der Waals surface area (Å²) in [5, 5.41) is 1.29. The van der Waals surface area contributed by atoms with Gasteiger partial charge < -0.3 is 0 Å². The smallest absolute Gasteiger partial charge is 0.282 e. The number of anilines is 1. The Hall–Kier alpha value is -0.910. The normalized spacial score (nSPS) is 12.6. The maximum Gasteiger partial charge on any atom is 0.325 e. The molecule has 1 atom stereocenters. The molecule has 0 aromatic heterocycles. The first-order valence-electron chi connectivity index (χ1n) is 4.11. The Balaban J connectivity index is 2.95. The van der Waals surface area contributed by atoms with Gasteiger partial charge in [-0.15, -0.1) is 4.28 Å². The van der Waals surface area contributed by atoms with E-state index in [1.807, 2.05) is 32.0 Å². The van der Waals surface area contributed by atoms with Gasteiger partial charge in [0.1, 0.15) is 0 Å². The van der Waals surface area contributed by atoms with Crippen LogP contribution < -0.4 is 5.06 Å². The summed E-state index contributed by atoms with van der Waals surface area (Å²) in [4.78, 5) is 0. The van der Waals surface area contributed by atoms with E-state index in [2.05, 4.69) is 4.28 Å². The summed E-state index contributed by atoms with van der Waals surface area (Å²) >= 11 is -2.29. The van der Waals surface area contributed by atoms with Gasteiger partial charge in [-0.3, -0.25) is 4.55 Å². The Morgan fingerprint density at radius 1 is 1.43 bits per heavy atom. The molecule has 78 valence electrons. The molecule has 4 nitrogen and oxygen atoms in total. The van der Waals surface area contributed by atoms with E-state index in [0.717, 1.165) is 16.8 Å². The van der Waals surface area contributed by atoms with E-state index >= 15 is 0 Å². The van der Waals surface area contributed by atoms with E-state index in [4.69, 9.17) is 4.55 Å². The van der Waals surface area contributed by atoms with Crippen LogP contribution in [0.4, 0.5) is 5.69 Å². The van der Waals surface area contributed by atoms with Crippen molar-refractivity contribution in [3.8, 4) is 0 Å². The van der Waals surface area contributed by atoms with Crippen LogP contribution in [0.15, 0.2) is 18.2 Å². The van der Waals surface area contributed by atoms with Gasteiger partial charge >= 0.3 is 11.4 Å². The molecule has 0 aliphatic heterocycles. The Kier molecular flexibility index (Phi) is 3.62. The van der Waals surface area contributed by atoms with E-state index in [9.17, 15) is 4.21 Å². The fourth-order valence-electron chi connectivity index (χ4n) is 1.21. The van der Waals surface area contributed by atoms with E-state index < -0.39 is 11.4 Å². The van der Waals surface area contributed by atoms with Crippen molar-refractivity contribution in [3.05, 3.63) is 29.3 Å². The third kappa shape index (κ3) is 2.54. The Morgan fingerprint density at radius 2 is 2.07 bits per heavy atom. The van der Waals surface area contributed by atoms with Gasteiger partial charge in [0.2, 0.25) is 0 Å². The molecule has 0 fully saturated rings. The van der Waals surface area contributed by atoms with Gasteiger partial charge in [0.05, 0.1) is 5.69 Å². The van der Waals surface area contributed by atoms with Crippen molar-refractivity contribution in [1.82, 2.24) is 0 Å². The maximum absolute atomic E-state index is 10.4. The predicted molar refractivity (Wildman–Crippen MR) is 56.2 cm³/mol. The average molecular weight is 215 g/mol. The summed E-state index contributed by atoms with van der Waals surface area (Å²) in [6, 6.07) is 5.68. The Labute approximate surface area is 85.9 Å². The molecule has 1 unspecified atom stereocenters. The van der Waals surface area contributed by atoms with Crippen molar-refractivity contribution >= 4 is 17.0 Å². The molecule has 1 aromatic rings. The molecule has 0 heterocycles. The molecular formula is C9H13NO3S. The molecule has 0 amide bonds. The molecule has 1 N–H and O–H groups in total. The summed E-state index contributed by atoms with van der Waals surface area (Å²) in [7, 11) is 1.59. The van der Waals surface area contributed by atoms with Crippen LogP contribution in [0.3, 0.4) is 0 Å². The minimum atomic E-state index is -2.29. The second kappa shape index (κ2) is 4.54. The summed E-state index contributed by atoms with van der Waals surface area (Å²) < 4.78 is 23.6. The highest BCUT2D eigenvalue weighted by Gasteiger charge is 2.08. The van der Waals surface area contributed by atoms with Gasteiger partial charge in [0.25, 0.3) is 0 Å². The summed E-state index contributed by atoms with van der Waals surface area (Å²) in [5.41, 5.74) is 2.93. The second-order valence-electron chi connectivity index (χ2n) is 3.01. The van der Waals surface area contributed by atoms with Crippen LogP contribution in [-0.4, -0.2) is 15.8 Å². The van der Waals surface area contributed by atoms with Crippen LogP contribution in [0.25, 0.3) is 0 Å². The van der Waals surface area contributed by atoms with E-state index in [-0.39, 0.29) is 0 Å². The molecular weight excluding hydrogens is 202 g/mol. The van der Waals surface area contributed by atoms with Crippen LogP contribution in [0.1, 0.15) is 11.1 Å². The van der Waals surface area contributed by atoms with Gasteiger partial charge in [-0.2, -0.15) is 4.21 Å². The topological polar surface area (TPSA) is 49.8 Å². The van der Waals surface area contributed by atoms with Crippen LogP contribution in [0.5, 0.6) is 0 Å². The predicted octanol–water partition coefficient (Wildman–Crippen LogP) is 1.81. The molecule has 0 spiro atoms. The molecule has 1 rings (SSSR count). The number of hydrogen-bond donors (Lipinski definition) is 1. The zero-order chi connectivity index (χ0) is 10.7. The van der Waals surface area contributed by atoms with Crippen molar-refractivity contribution in [2.24, 2.45) is 0 Å². The minimum Gasteiger partial charge on any atom is -0.282 e. The number of aryl methyl sites for hydroxylation is 1. The first-order chi connectivity index (χ1) is 6.52. The number of hydrogen-bond acceptors (Lipinski definition) is 3. The number of benzene rings is 1. The van der Waals surface area contributed by atoms with Crippen LogP contribution >= 0.6 is 0 Å². The lowest BCUT2D eigenvalue weighted by Crippen LogP contribution is -2.19. The van der Waals surface area contributed by atoms with E-state index in [0.29, 0.717) is 0 Å². The van der Waals surface area contributed by atoms with Gasteiger partial charge in [0, 0.05) is 7.05 Å². The lowest BCUT2D eigenvalue weighted by molar-refractivity contribution is 0.294. The van der Waals surface area contributed by atoms with Gasteiger partial charge in [-0.05, 0) is 31.0 Å². The van der Waals surface area contributed by atoms with Crippen molar-refractivity contribution in [3.63, 3.8) is 0 Å². The van der Waals surface area contributed by atoms with Crippen molar-refractivity contribution in [2.75, 3.05) is 12.1 Å². The Bertz CT molecular complexity index is 354. The summed E-state index contributed by atoms with van der Waals surface area (Å²) in [6.07, 6.45) is 0. The minimum absolute atomic E-state index is 0.785. The fourth-order valence-corrected chi connectivity index (χ4v) is 1.48.